The highest BCUT2D eigenvalue weighted by molar-refractivity contribution is 7.21. The van der Waals surface area contributed by atoms with E-state index in [0.29, 0.717) is 10.6 Å². The van der Waals surface area contributed by atoms with Crippen LogP contribution in [-0.4, -0.2) is 10.9 Å². The van der Waals surface area contributed by atoms with Gasteiger partial charge >= 0.3 is 0 Å². The van der Waals surface area contributed by atoms with Crippen LogP contribution in [0.4, 0.5) is 11.4 Å². The van der Waals surface area contributed by atoms with Crippen LogP contribution in [0.1, 0.15) is 46.3 Å². The number of hydrogen-bond acceptors (Lipinski definition) is 4. The second-order valence-electron chi connectivity index (χ2n) is 8.01. The summed E-state index contributed by atoms with van der Waals surface area (Å²) in [6.07, 6.45) is 5.26. The summed E-state index contributed by atoms with van der Waals surface area (Å²) < 4.78 is 0. The van der Waals surface area contributed by atoms with Crippen molar-refractivity contribution in [1.82, 2.24) is 4.98 Å². The predicted molar refractivity (Wildman–Crippen MR) is 130 cm³/mol. The quantitative estimate of drug-likeness (QED) is 0.405. The fraction of sp³-hybridized carbons (Fsp3) is 0.231. The lowest BCUT2D eigenvalue weighted by Crippen LogP contribution is -2.12. The van der Waals surface area contributed by atoms with Crippen molar-refractivity contribution in [2.75, 3.05) is 11.1 Å². The smallest absolute Gasteiger partial charge is 0.267 e. The molecule has 1 aliphatic rings. The molecule has 5 rings (SSSR count). The zero-order valence-electron chi connectivity index (χ0n) is 17.6. The average molecular weight is 428 g/mol. The van der Waals surface area contributed by atoms with Crippen LogP contribution in [-0.2, 0) is 19.3 Å². The fourth-order valence-corrected chi connectivity index (χ4v) is 5.43. The fourth-order valence-electron chi connectivity index (χ4n) is 4.41. The number of carbonyl (C=O) groups is 1. The first kappa shape index (κ1) is 19.8. The largest absolute Gasteiger partial charge is 0.397 e. The Morgan fingerprint density at radius 1 is 1.06 bits per heavy atom. The molecule has 0 aliphatic heterocycles. The highest BCUT2D eigenvalue weighted by Gasteiger charge is 2.25. The Bertz CT molecular complexity index is 1260. The molecule has 2 aromatic carbocycles. The molecule has 4 aromatic rings. The van der Waals surface area contributed by atoms with E-state index in [2.05, 4.69) is 24.4 Å². The van der Waals surface area contributed by atoms with E-state index in [0.717, 1.165) is 64.8 Å². The van der Waals surface area contributed by atoms with Gasteiger partial charge in [0, 0.05) is 16.8 Å². The summed E-state index contributed by atoms with van der Waals surface area (Å²) in [5.41, 5.74) is 13.9. The summed E-state index contributed by atoms with van der Waals surface area (Å²) in [7, 11) is 0. The van der Waals surface area contributed by atoms with Crippen LogP contribution < -0.4 is 11.1 Å². The summed E-state index contributed by atoms with van der Waals surface area (Å²) in [5.74, 6) is -0.179. The minimum atomic E-state index is -0.179. The first-order valence-corrected chi connectivity index (χ1v) is 11.7. The number of pyridine rings is 1. The standard InChI is InChI=1S/C26H25N3OS/c1-2-16-12-14-18(15-13-16)28-25(30)24-23(27)22-21(17-8-4-3-5-9-17)19-10-6-7-11-20(19)29-26(22)31-24/h3-5,8-9,12-15H,2,6-7,10-11,27H2,1H3,(H,28,30). The number of thiophene rings is 1. The molecule has 0 saturated heterocycles. The van der Waals surface area contributed by atoms with E-state index in [1.807, 2.05) is 42.5 Å². The summed E-state index contributed by atoms with van der Waals surface area (Å²) in [6.45, 7) is 2.11. The number of fused-ring (bicyclic) bond motifs is 2. The molecule has 2 heterocycles. The van der Waals surface area contributed by atoms with E-state index in [4.69, 9.17) is 10.7 Å². The molecule has 156 valence electrons. The molecule has 0 radical (unpaired) electrons. The van der Waals surface area contributed by atoms with E-state index < -0.39 is 0 Å². The second-order valence-corrected chi connectivity index (χ2v) is 9.01. The maximum absolute atomic E-state index is 13.1. The zero-order chi connectivity index (χ0) is 21.4. The molecule has 31 heavy (non-hydrogen) atoms. The molecule has 5 heteroatoms. The Morgan fingerprint density at radius 3 is 2.55 bits per heavy atom. The van der Waals surface area contributed by atoms with Crippen LogP contribution in [0.25, 0.3) is 21.3 Å². The Labute approximate surface area is 186 Å². The van der Waals surface area contributed by atoms with E-state index >= 15 is 0 Å². The van der Waals surface area contributed by atoms with E-state index in [-0.39, 0.29) is 5.91 Å². The molecule has 3 N–H and O–H groups in total. The lowest BCUT2D eigenvalue weighted by molar-refractivity contribution is 0.103. The molecule has 0 atom stereocenters. The topological polar surface area (TPSA) is 68.0 Å². The van der Waals surface area contributed by atoms with Crippen molar-refractivity contribution in [3.8, 4) is 11.1 Å². The summed E-state index contributed by atoms with van der Waals surface area (Å²) >= 11 is 1.39. The molecule has 2 aromatic heterocycles. The number of aryl methyl sites for hydroxylation is 2. The first-order valence-electron chi connectivity index (χ1n) is 10.8. The van der Waals surface area contributed by atoms with Crippen molar-refractivity contribution in [2.45, 2.75) is 39.0 Å². The number of aromatic nitrogens is 1. The van der Waals surface area contributed by atoms with Gasteiger partial charge in [0.1, 0.15) is 9.71 Å². The number of nitrogens with zero attached hydrogens (tertiary/aromatic N) is 1. The van der Waals surface area contributed by atoms with Crippen molar-refractivity contribution in [1.29, 1.82) is 0 Å². The Kier molecular flexibility index (Phi) is 5.20. The third-order valence-electron chi connectivity index (χ3n) is 6.04. The van der Waals surface area contributed by atoms with Gasteiger partial charge in [0.25, 0.3) is 5.91 Å². The number of hydrogen-bond donors (Lipinski definition) is 2. The van der Waals surface area contributed by atoms with Crippen LogP contribution in [0.2, 0.25) is 0 Å². The van der Waals surface area contributed by atoms with Gasteiger partial charge in [-0.05, 0) is 66.5 Å². The monoisotopic (exact) mass is 427 g/mol. The number of amides is 1. The Balaban J connectivity index is 1.62. The predicted octanol–water partition coefficient (Wildman–Crippen LogP) is 6.24. The van der Waals surface area contributed by atoms with Gasteiger partial charge in [-0.1, -0.05) is 49.4 Å². The molecule has 1 aliphatic carbocycles. The van der Waals surface area contributed by atoms with Gasteiger partial charge in [-0.25, -0.2) is 4.98 Å². The molecule has 0 fully saturated rings. The molecule has 1 amide bonds. The maximum Gasteiger partial charge on any atom is 0.267 e. The summed E-state index contributed by atoms with van der Waals surface area (Å²) in [5, 5.41) is 3.92. The Hall–Kier alpha value is -3.18. The molecular weight excluding hydrogens is 402 g/mol. The normalized spacial score (nSPS) is 13.2. The number of benzene rings is 2. The first-order chi connectivity index (χ1) is 15.2. The number of nitrogens with two attached hydrogens (primary N) is 1. The van der Waals surface area contributed by atoms with Crippen LogP contribution in [0.3, 0.4) is 0 Å². The third-order valence-corrected chi connectivity index (χ3v) is 7.14. The van der Waals surface area contributed by atoms with Crippen molar-refractivity contribution in [3.63, 3.8) is 0 Å². The van der Waals surface area contributed by atoms with Crippen molar-refractivity contribution < 1.29 is 4.79 Å². The molecule has 4 nitrogen and oxygen atoms in total. The SMILES string of the molecule is CCc1ccc(NC(=O)c2sc3nc4c(c(-c5ccccc5)c3c2N)CCCC4)cc1. The summed E-state index contributed by atoms with van der Waals surface area (Å²) in [6, 6.07) is 18.3. The van der Waals surface area contributed by atoms with Crippen LogP contribution in [0, 0.1) is 0 Å². The highest BCUT2D eigenvalue weighted by Crippen LogP contribution is 2.43. The zero-order valence-corrected chi connectivity index (χ0v) is 18.4. The van der Waals surface area contributed by atoms with Crippen molar-refractivity contribution >= 4 is 38.8 Å². The number of carbonyl (C=O) groups excluding carboxylic acids is 1. The van der Waals surface area contributed by atoms with Gasteiger partial charge in [0.2, 0.25) is 0 Å². The lowest BCUT2D eigenvalue weighted by Gasteiger charge is -2.20. The van der Waals surface area contributed by atoms with Gasteiger partial charge < -0.3 is 11.1 Å². The average Bonchev–Trinajstić information content (AvgIpc) is 3.14. The third kappa shape index (κ3) is 3.59. The van der Waals surface area contributed by atoms with E-state index in [1.165, 1.54) is 22.5 Å². The van der Waals surface area contributed by atoms with Gasteiger partial charge in [-0.3, -0.25) is 4.79 Å². The van der Waals surface area contributed by atoms with Gasteiger partial charge in [-0.2, -0.15) is 0 Å². The summed E-state index contributed by atoms with van der Waals surface area (Å²) in [4.78, 5) is 19.5. The van der Waals surface area contributed by atoms with E-state index in [9.17, 15) is 4.79 Å². The molecular formula is C26H25N3OS. The minimum Gasteiger partial charge on any atom is -0.397 e. The van der Waals surface area contributed by atoms with Crippen molar-refractivity contribution in [3.05, 3.63) is 76.3 Å². The van der Waals surface area contributed by atoms with Crippen LogP contribution >= 0.6 is 11.3 Å². The van der Waals surface area contributed by atoms with Crippen molar-refractivity contribution in [2.24, 2.45) is 0 Å². The number of nitrogens with one attached hydrogen (secondary N) is 1. The number of nitrogen functional groups attached to an aromatic ring is 1. The lowest BCUT2D eigenvalue weighted by atomic mass is 9.87. The number of anilines is 2. The molecule has 0 spiro atoms. The van der Waals surface area contributed by atoms with Crippen LogP contribution in [0.5, 0.6) is 0 Å². The second kappa shape index (κ2) is 8.16. The molecule has 0 saturated carbocycles. The highest BCUT2D eigenvalue weighted by atomic mass is 32.1. The minimum absolute atomic E-state index is 0.179. The van der Waals surface area contributed by atoms with Gasteiger partial charge in [0.15, 0.2) is 0 Å². The number of rotatable bonds is 4. The van der Waals surface area contributed by atoms with Gasteiger partial charge in [-0.15, -0.1) is 11.3 Å². The Morgan fingerprint density at radius 2 is 1.81 bits per heavy atom. The molecule has 0 bridgehead atoms. The van der Waals surface area contributed by atoms with E-state index in [1.54, 1.807) is 0 Å². The molecule has 0 unspecified atom stereocenters. The van der Waals surface area contributed by atoms with Crippen LogP contribution in [0.15, 0.2) is 54.6 Å². The van der Waals surface area contributed by atoms with Gasteiger partial charge in [0.05, 0.1) is 5.69 Å². The maximum atomic E-state index is 13.1.